The Kier molecular flexibility index (Phi) is 6.69. The summed E-state index contributed by atoms with van der Waals surface area (Å²) in [5.41, 5.74) is 2.80. The number of rotatable bonds is 10. The third kappa shape index (κ3) is 4.52. The molecule has 0 saturated heterocycles. The number of aldehydes is 1. The van der Waals surface area contributed by atoms with E-state index < -0.39 is 0 Å². The predicted octanol–water partition coefficient (Wildman–Crippen LogP) is 3.12. The monoisotopic (exact) mass is 382 g/mol. The summed E-state index contributed by atoms with van der Waals surface area (Å²) >= 11 is 0. The second kappa shape index (κ2) is 9.61. The molecule has 3 aromatic heterocycles. The van der Waals surface area contributed by atoms with Gasteiger partial charge in [-0.1, -0.05) is 13.0 Å². The minimum atomic E-state index is 0.221. The van der Waals surface area contributed by atoms with Crippen molar-refractivity contribution >= 4 is 6.29 Å². The molecule has 0 aliphatic carbocycles. The Hall–Kier alpha value is -3.26. The van der Waals surface area contributed by atoms with Crippen LogP contribution >= 0.6 is 0 Å². The molecule has 0 unspecified atom stereocenters. The number of carbonyl (C=O) groups excluding carboxylic acids is 1. The number of nitrogens with zero attached hydrogens (tertiary/aromatic N) is 4. The fraction of sp³-hybridized carbons (Fsp3) is 0.300. The van der Waals surface area contributed by atoms with E-state index in [4.69, 9.17) is 14.2 Å². The number of methoxy groups -OCH3 is 1. The highest BCUT2D eigenvalue weighted by atomic mass is 16.5. The predicted molar refractivity (Wildman–Crippen MR) is 102 cm³/mol. The molecule has 8 nitrogen and oxygen atoms in total. The molecular formula is C20H22N4O4. The first-order valence-corrected chi connectivity index (χ1v) is 8.92. The van der Waals surface area contributed by atoms with Crippen LogP contribution in [0.1, 0.15) is 29.3 Å². The lowest BCUT2D eigenvalue weighted by Gasteiger charge is -2.13. The Morgan fingerprint density at radius 3 is 2.89 bits per heavy atom. The van der Waals surface area contributed by atoms with E-state index in [1.165, 1.54) is 19.4 Å². The van der Waals surface area contributed by atoms with Gasteiger partial charge < -0.3 is 14.2 Å². The van der Waals surface area contributed by atoms with Crippen LogP contribution in [0.4, 0.5) is 0 Å². The second-order valence-electron chi connectivity index (χ2n) is 5.94. The van der Waals surface area contributed by atoms with Crippen molar-refractivity contribution in [3.8, 4) is 23.0 Å². The molecule has 0 N–H and O–H groups in total. The molecule has 0 fully saturated rings. The van der Waals surface area contributed by atoms with E-state index in [0.29, 0.717) is 36.8 Å². The molecule has 3 aromatic rings. The van der Waals surface area contributed by atoms with Crippen LogP contribution in [-0.4, -0.2) is 39.8 Å². The van der Waals surface area contributed by atoms with Gasteiger partial charge in [0.2, 0.25) is 5.88 Å². The number of hydrogen-bond acceptors (Lipinski definition) is 7. The smallest absolute Gasteiger partial charge is 0.213 e. The quantitative estimate of drug-likeness (QED) is 0.393. The summed E-state index contributed by atoms with van der Waals surface area (Å²) in [6.45, 7) is 3.29. The highest BCUT2D eigenvalue weighted by molar-refractivity contribution is 5.79. The lowest BCUT2D eigenvalue weighted by atomic mass is 10.1. The summed E-state index contributed by atoms with van der Waals surface area (Å²) in [5, 5.41) is 4.31. The zero-order chi connectivity index (χ0) is 19.8. The van der Waals surface area contributed by atoms with Gasteiger partial charge in [-0.25, -0.2) is 9.67 Å². The zero-order valence-corrected chi connectivity index (χ0v) is 15.9. The van der Waals surface area contributed by atoms with Gasteiger partial charge in [0.15, 0.2) is 6.29 Å². The first-order valence-electron chi connectivity index (χ1n) is 8.92. The van der Waals surface area contributed by atoms with Crippen molar-refractivity contribution in [3.05, 3.63) is 54.0 Å². The Balaban J connectivity index is 1.81. The molecule has 0 aliphatic rings. The first kappa shape index (κ1) is 19.5. The zero-order valence-electron chi connectivity index (χ0n) is 15.9. The van der Waals surface area contributed by atoms with Crippen LogP contribution in [-0.2, 0) is 18.1 Å². The maximum Gasteiger partial charge on any atom is 0.213 e. The molecule has 0 atom stereocenters. The van der Waals surface area contributed by atoms with Crippen LogP contribution in [0.15, 0.2) is 42.9 Å². The topological polar surface area (TPSA) is 88.4 Å². The van der Waals surface area contributed by atoms with Gasteiger partial charge in [-0.3, -0.25) is 9.78 Å². The van der Waals surface area contributed by atoms with E-state index in [2.05, 4.69) is 22.0 Å². The van der Waals surface area contributed by atoms with Crippen molar-refractivity contribution in [2.24, 2.45) is 0 Å². The minimum Gasteiger partial charge on any atom is -0.486 e. The van der Waals surface area contributed by atoms with Gasteiger partial charge in [-0.15, -0.1) is 0 Å². The fourth-order valence-corrected chi connectivity index (χ4v) is 2.64. The van der Waals surface area contributed by atoms with Crippen LogP contribution < -0.4 is 9.47 Å². The lowest BCUT2D eigenvalue weighted by Crippen LogP contribution is -2.09. The van der Waals surface area contributed by atoms with Crippen molar-refractivity contribution in [1.82, 2.24) is 19.7 Å². The average molecular weight is 382 g/mol. The molecule has 3 heterocycles. The normalized spacial score (nSPS) is 10.6. The standard InChI is InChI=1S/C20H22N4O4/c1-3-9-27-14-24-17(6-8-23-24)20-15(5-4-7-21-20)13-28-18-11-22-19(26-2)10-16(18)12-25/h4-8,10-12H,3,9,13-14H2,1-2H3. The summed E-state index contributed by atoms with van der Waals surface area (Å²) < 4.78 is 18.2. The highest BCUT2D eigenvalue weighted by Gasteiger charge is 2.13. The first-order chi connectivity index (χ1) is 13.8. The van der Waals surface area contributed by atoms with E-state index in [1.807, 2.05) is 18.2 Å². The summed E-state index contributed by atoms with van der Waals surface area (Å²) in [4.78, 5) is 19.9. The SMILES string of the molecule is CCCOCn1nccc1-c1ncccc1COc1cnc(OC)cc1C=O. The fourth-order valence-electron chi connectivity index (χ4n) is 2.64. The summed E-state index contributed by atoms with van der Waals surface area (Å²) in [7, 11) is 1.49. The Morgan fingerprint density at radius 2 is 2.11 bits per heavy atom. The molecule has 8 heteroatoms. The third-order valence-electron chi connectivity index (χ3n) is 4.00. The largest absolute Gasteiger partial charge is 0.486 e. The van der Waals surface area contributed by atoms with Gasteiger partial charge in [0.25, 0.3) is 0 Å². The number of aromatic nitrogens is 4. The number of carbonyl (C=O) groups is 1. The van der Waals surface area contributed by atoms with Gasteiger partial charge in [0, 0.05) is 30.6 Å². The van der Waals surface area contributed by atoms with Crippen molar-refractivity contribution in [3.63, 3.8) is 0 Å². The maximum absolute atomic E-state index is 11.3. The van der Waals surface area contributed by atoms with Crippen LogP contribution in [0.2, 0.25) is 0 Å². The van der Waals surface area contributed by atoms with Crippen molar-refractivity contribution in [1.29, 1.82) is 0 Å². The highest BCUT2D eigenvalue weighted by Crippen LogP contribution is 2.25. The minimum absolute atomic E-state index is 0.221. The molecule has 0 amide bonds. The van der Waals surface area contributed by atoms with Crippen LogP contribution in [0.3, 0.4) is 0 Å². The van der Waals surface area contributed by atoms with Crippen LogP contribution in [0, 0.1) is 0 Å². The number of pyridine rings is 2. The van der Waals surface area contributed by atoms with Crippen molar-refractivity contribution in [2.75, 3.05) is 13.7 Å². The molecule has 28 heavy (non-hydrogen) atoms. The van der Waals surface area contributed by atoms with Gasteiger partial charge in [-0.05, 0) is 18.6 Å². The molecule has 3 rings (SSSR count). The molecule has 0 bridgehead atoms. The summed E-state index contributed by atoms with van der Waals surface area (Å²) in [5.74, 6) is 0.734. The lowest BCUT2D eigenvalue weighted by molar-refractivity contribution is 0.0704. The van der Waals surface area contributed by atoms with Gasteiger partial charge in [0.05, 0.1) is 30.3 Å². The molecule has 146 valence electrons. The molecule has 0 aliphatic heterocycles. The average Bonchev–Trinajstić information content (AvgIpc) is 3.21. The number of hydrogen-bond donors (Lipinski definition) is 0. The van der Waals surface area contributed by atoms with E-state index in [-0.39, 0.29) is 6.61 Å². The molecule has 0 spiro atoms. The van der Waals surface area contributed by atoms with Gasteiger partial charge >= 0.3 is 0 Å². The Labute approximate surface area is 163 Å². The Morgan fingerprint density at radius 1 is 1.21 bits per heavy atom. The van der Waals surface area contributed by atoms with Gasteiger partial charge in [0.1, 0.15) is 19.1 Å². The third-order valence-corrected chi connectivity index (χ3v) is 4.00. The van der Waals surface area contributed by atoms with Crippen molar-refractivity contribution in [2.45, 2.75) is 26.7 Å². The second-order valence-corrected chi connectivity index (χ2v) is 5.94. The summed E-state index contributed by atoms with van der Waals surface area (Å²) in [6, 6.07) is 7.17. The Bertz CT molecular complexity index is 926. The van der Waals surface area contributed by atoms with Gasteiger partial charge in [-0.2, -0.15) is 5.10 Å². The molecule has 0 saturated carbocycles. The molecule has 0 radical (unpaired) electrons. The number of ether oxygens (including phenoxy) is 3. The maximum atomic E-state index is 11.3. The van der Waals surface area contributed by atoms with Crippen molar-refractivity contribution < 1.29 is 19.0 Å². The van der Waals surface area contributed by atoms with E-state index >= 15 is 0 Å². The van der Waals surface area contributed by atoms with E-state index in [1.54, 1.807) is 17.1 Å². The van der Waals surface area contributed by atoms with Crippen LogP contribution in [0.25, 0.3) is 11.4 Å². The van der Waals surface area contributed by atoms with E-state index in [0.717, 1.165) is 23.4 Å². The molecule has 0 aromatic carbocycles. The molecular weight excluding hydrogens is 360 g/mol. The van der Waals surface area contributed by atoms with Crippen LogP contribution in [0.5, 0.6) is 11.6 Å². The summed E-state index contributed by atoms with van der Waals surface area (Å²) in [6.07, 6.45) is 6.55. The van der Waals surface area contributed by atoms with E-state index in [9.17, 15) is 4.79 Å².